The molecule has 5 aromatic carbocycles. The van der Waals surface area contributed by atoms with E-state index in [-0.39, 0.29) is 12.5 Å². The molecule has 0 amide bonds. The summed E-state index contributed by atoms with van der Waals surface area (Å²) in [7, 11) is 7.93. The van der Waals surface area contributed by atoms with E-state index in [1.54, 1.807) is 41.6 Å². The number of ether oxygens (including phenoxy) is 6. The van der Waals surface area contributed by atoms with Crippen LogP contribution in [0.2, 0.25) is 0 Å². The number of phenols is 1. The second-order valence-corrected chi connectivity index (χ2v) is 10.1. The molecule has 0 aromatic heterocycles. The van der Waals surface area contributed by atoms with Crippen LogP contribution in [0.25, 0.3) is 21.5 Å². The predicted molar refractivity (Wildman–Crippen MR) is 166 cm³/mol. The number of aliphatic hydroxyl groups is 1. The number of hydrogen-bond donors (Lipinski definition) is 2. The summed E-state index contributed by atoms with van der Waals surface area (Å²) in [5.74, 6) is 3.14. The number of aliphatic hydroxyl groups excluding tert-OH is 1. The minimum absolute atomic E-state index is 0.0728. The average molecular weight is 585 g/mol. The van der Waals surface area contributed by atoms with E-state index in [1.807, 2.05) is 66.7 Å². The van der Waals surface area contributed by atoms with E-state index in [4.69, 9.17) is 28.4 Å². The summed E-state index contributed by atoms with van der Waals surface area (Å²) in [6.45, 7) is 0.0728. The molecule has 8 nitrogen and oxygen atoms in total. The van der Waals surface area contributed by atoms with Crippen molar-refractivity contribution in [2.75, 3.05) is 42.3 Å². The first-order chi connectivity index (χ1) is 20.9. The highest BCUT2D eigenvalue weighted by Crippen LogP contribution is 2.42. The third-order valence-electron chi connectivity index (χ3n) is 7.67. The molecule has 0 saturated heterocycles. The Bertz CT molecular complexity index is 1750. The number of aromatic hydroxyl groups is 1. The fourth-order valence-electron chi connectivity index (χ4n) is 5.65. The molecule has 0 fully saturated rings. The summed E-state index contributed by atoms with van der Waals surface area (Å²) < 4.78 is 33.5. The number of fused-ring (bicyclic) bond motifs is 2. The van der Waals surface area contributed by atoms with Crippen LogP contribution >= 0.6 is 0 Å². The highest BCUT2D eigenvalue weighted by atomic mass is 16.7. The van der Waals surface area contributed by atoms with Gasteiger partial charge in [-0.2, -0.15) is 0 Å². The van der Waals surface area contributed by atoms with Gasteiger partial charge in [-0.05, 0) is 70.6 Å². The summed E-state index contributed by atoms with van der Waals surface area (Å²) in [6.07, 6.45) is 0.0889. The normalized spacial score (nSPS) is 11.9. The Morgan fingerprint density at radius 2 is 1.37 bits per heavy atom. The molecule has 0 radical (unpaired) electrons. The molecule has 8 heteroatoms. The van der Waals surface area contributed by atoms with Gasteiger partial charge in [-0.1, -0.05) is 36.4 Å². The van der Waals surface area contributed by atoms with Gasteiger partial charge in [0.1, 0.15) is 40.6 Å². The van der Waals surface area contributed by atoms with Crippen LogP contribution in [-0.4, -0.2) is 52.6 Å². The zero-order chi connectivity index (χ0) is 30.5. The highest BCUT2D eigenvalue weighted by molar-refractivity contribution is 5.97. The van der Waals surface area contributed by atoms with Crippen LogP contribution in [0.5, 0.6) is 34.5 Å². The second kappa shape index (κ2) is 13.1. The monoisotopic (exact) mass is 584 g/mol. The molecule has 1 unspecified atom stereocenters. The number of hydrogen-bond acceptors (Lipinski definition) is 8. The van der Waals surface area contributed by atoms with Crippen LogP contribution in [0.15, 0.2) is 72.8 Å². The lowest BCUT2D eigenvalue weighted by Crippen LogP contribution is -2.09. The van der Waals surface area contributed by atoms with E-state index >= 15 is 0 Å². The molecule has 0 aliphatic heterocycles. The highest BCUT2D eigenvalue weighted by Gasteiger charge is 2.24. The largest absolute Gasteiger partial charge is 0.507 e. The van der Waals surface area contributed by atoms with Crippen molar-refractivity contribution in [1.29, 1.82) is 0 Å². The van der Waals surface area contributed by atoms with Crippen molar-refractivity contribution in [1.82, 2.24) is 0 Å². The average Bonchev–Trinajstić information content (AvgIpc) is 3.04. The molecule has 2 N–H and O–H groups in total. The Balaban J connectivity index is 1.59. The second-order valence-electron chi connectivity index (χ2n) is 10.1. The van der Waals surface area contributed by atoms with Gasteiger partial charge in [0.25, 0.3) is 0 Å². The summed E-state index contributed by atoms with van der Waals surface area (Å²) in [6, 6.07) is 22.5. The molecule has 0 saturated carbocycles. The van der Waals surface area contributed by atoms with Crippen LogP contribution in [-0.2, 0) is 17.6 Å². The van der Waals surface area contributed by atoms with Crippen LogP contribution in [0.3, 0.4) is 0 Å². The van der Waals surface area contributed by atoms with Crippen molar-refractivity contribution >= 4 is 21.5 Å². The maximum Gasteiger partial charge on any atom is 0.188 e. The zero-order valence-electron chi connectivity index (χ0n) is 25.0. The predicted octanol–water partition coefficient (Wildman–Crippen LogP) is 6.58. The third kappa shape index (κ3) is 5.84. The van der Waals surface area contributed by atoms with Crippen molar-refractivity contribution in [2.45, 2.75) is 18.9 Å². The topological polar surface area (TPSA) is 95.8 Å². The van der Waals surface area contributed by atoms with E-state index in [1.165, 1.54) is 0 Å². The van der Waals surface area contributed by atoms with Gasteiger partial charge in [-0.15, -0.1) is 0 Å². The molecular weight excluding hydrogens is 548 g/mol. The van der Waals surface area contributed by atoms with Crippen molar-refractivity contribution in [2.24, 2.45) is 0 Å². The quantitative estimate of drug-likeness (QED) is 0.159. The fourth-order valence-corrected chi connectivity index (χ4v) is 5.65. The van der Waals surface area contributed by atoms with Crippen LogP contribution in [0.1, 0.15) is 28.4 Å². The Morgan fingerprint density at radius 3 is 2.07 bits per heavy atom. The van der Waals surface area contributed by atoms with Gasteiger partial charge in [0, 0.05) is 18.7 Å². The molecule has 0 spiro atoms. The van der Waals surface area contributed by atoms with Gasteiger partial charge in [0.2, 0.25) is 0 Å². The SMILES string of the molecule is COCOc1ccc(C(O)c2cc(OC)cc(OC)c2CCc2cc(O)c3c(OC)cccc3c2)c2cccc(OC)c12. The molecule has 5 rings (SSSR count). The van der Waals surface area contributed by atoms with E-state index in [2.05, 4.69) is 0 Å². The van der Waals surface area contributed by atoms with Gasteiger partial charge < -0.3 is 38.6 Å². The van der Waals surface area contributed by atoms with Crippen LogP contribution in [0.4, 0.5) is 0 Å². The molecule has 1 atom stereocenters. The molecule has 5 aromatic rings. The summed E-state index contributed by atoms with van der Waals surface area (Å²) >= 11 is 0. The minimum atomic E-state index is -1.03. The van der Waals surface area contributed by atoms with Gasteiger partial charge in [0.15, 0.2) is 6.79 Å². The first-order valence-corrected chi connectivity index (χ1v) is 13.9. The molecule has 0 bridgehead atoms. The lowest BCUT2D eigenvalue weighted by molar-refractivity contribution is 0.0521. The Hall–Kier alpha value is -4.66. The Morgan fingerprint density at radius 1 is 0.651 bits per heavy atom. The number of phenolic OH excluding ortho intramolecular Hbond substituents is 1. The van der Waals surface area contributed by atoms with E-state index in [0.717, 1.165) is 27.3 Å². The summed E-state index contributed by atoms with van der Waals surface area (Å²) in [4.78, 5) is 0. The Labute approximate surface area is 250 Å². The van der Waals surface area contributed by atoms with Crippen LogP contribution < -0.4 is 23.7 Å². The lowest BCUT2D eigenvalue weighted by Gasteiger charge is -2.22. The summed E-state index contributed by atoms with van der Waals surface area (Å²) in [5.41, 5.74) is 3.09. The smallest absolute Gasteiger partial charge is 0.188 e. The number of benzene rings is 5. The van der Waals surface area contributed by atoms with Crippen molar-refractivity contribution in [3.05, 3.63) is 95.1 Å². The molecule has 0 aliphatic carbocycles. The van der Waals surface area contributed by atoms with Crippen molar-refractivity contribution in [3.8, 4) is 34.5 Å². The Kier molecular flexibility index (Phi) is 9.09. The van der Waals surface area contributed by atoms with E-state index < -0.39 is 6.10 Å². The summed E-state index contributed by atoms with van der Waals surface area (Å²) in [5, 5.41) is 25.9. The third-order valence-corrected chi connectivity index (χ3v) is 7.67. The molecule has 0 heterocycles. The van der Waals surface area contributed by atoms with Crippen molar-refractivity contribution < 1.29 is 38.6 Å². The maximum absolute atomic E-state index is 12.0. The van der Waals surface area contributed by atoms with Crippen LogP contribution in [0, 0.1) is 0 Å². The molecule has 0 aliphatic rings. The van der Waals surface area contributed by atoms with E-state index in [0.29, 0.717) is 58.1 Å². The lowest BCUT2D eigenvalue weighted by atomic mass is 9.89. The van der Waals surface area contributed by atoms with Gasteiger partial charge in [-0.25, -0.2) is 0 Å². The van der Waals surface area contributed by atoms with Gasteiger partial charge in [-0.3, -0.25) is 0 Å². The minimum Gasteiger partial charge on any atom is -0.507 e. The zero-order valence-corrected chi connectivity index (χ0v) is 25.0. The van der Waals surface area contributed by atoms with Crippen molar-refractivity contribution in [3.63, 3.8) is 0 Å². The standard InChI is InChI=1S/C35H36O8/c1-38-20-43-31-15-14-26(25-9-7-11-30(41-4)34(25)31)35(37)27-18-23(39-2)19-32(42-5)24(27)13-12-21-16-22-8-6-10-29(40-3)33(22)28(36)17-21/h6-11,14-19,35-37H,12-13,20H2,1-5H3. The molecular formula is C35H36O8. The van der Waals surface area contributed by atoms with Gasteiger partial charge >= 0.3 is 0 Å². The molecule has 43 heavy (non-hydrogen) atoms. The maximum atomic E-state index is 12.0. The number of aryl methyl sites for hydroxylation is 1. The van der Waals surface area contributed by atoms with Gasteiger partial charge in [0.05, 0.1) is 39.2 Å². The number of methoxy groups -OCH3 is 5. The van der Waals surface area contributed by atoms with E-state index in [9.17, 15) is 10.2 Å². The molecule has 224 valence electrons. The fraction of sp³-hybridized carbons (Fsp3) is 0.257. The number of rotatable bonds is 12. The first kappa shape index (κ1) is 29.8. The first-order valence-electron chi connectivity index (χ1n) is 13.9.